The summed E-state index contributed by atoms with van der Waals surface area (Å²) in [6, 6.07) is 4.94. The van der Waals surface area contributed by atoms with Crippen LogP contribution in [0.1, 0.15) is 48.3 Å². The highest BCUT2D eigenvalue weighted by Crippen LogP contribution is 2.44. The Hall–Kier alpha value is -0.500. The van der Waals surface area contributed by atoms with Gasteiger partial charge in [0.15, 0.2) is 6.67 Å². The molecular formula is C15H20BrN4S2+. The standard InChI is InChI=1S/C15H19BrN4S2/c1-18(8-12-6-7-13(16)22-12)9-19-15(21)20(11-4-5-11)14(17-19)10-2-3-10/h6-7,10-11H,2-5,8-9H2,1H3/p+1. The smallest absolute Gasteiger partial charge is 0.203 e. The van der Waals surface area contributed by atoms with Crippen LogP contribution in [0.25, 0.3) is 0 Å². The molecule has 118 valence electrons. The molecule has 0 amide bonds. The second-order valence-corrected chi connectivity index (χ2v) is 9.43. The van der Waals surface area contributed by atoms with E-state index in [1.165, 1.54) is 45.1 Å². The van der Waals surface area contributed by atoms with Crippen molar-refractivity contribution in [3.8, 4) is 0 Å². The summed E-state index contributed by atoms with van der Waals surface area (Å²) in [5.74, 6) is 1.91. The van der Waals surface area contributed by atoms with Gasteiger partial charge in [0.25, 0.3) is 0 Å². The minimum Gasteiger partial charge on any atom is -0.314 e. The van der Waals surface area contributed by atoms with Crippen molar-refractivity contribution >= 4 is 39.5 Å². The van der Waals surface area contributed by atoms with E-state index >= 15 is 0 Å². The molecule has 2 heterocycles. The lowest BCUT2D eigenvalue weighted by Crippen LogP contribution is -3.06. The van der Waals surface area contributed by atoms with E-state index in [1.54, 1.807) is 11.3 Å². The van der Waals surface area contributed by atoms with Crippen molar-refractivity contribution in [1.82, 2.24) is 14.3 Å². The summed E-state index contributed by atoms with van der Waals surface area (Å²) in [7, 11) is 2.21. The molecule has 7 heteroatoms. The predicted octanol–water partition coefficient (Wildman–Crippen LogP) is 3.12. The lowest BCUT2D eigenvalue weighted by molar-refractivity contribution is -0.917. The normalized spacial score (nSPS) is 19.5. The number of hydrogen-bond acceptors (Lipinski definition) is 3. The molecule has 1 atom stereocenters. The summed E-state index contributed by atoms with van der Waals surface area (Å²) in [4.78, 5) is 2.80. The van der Waals surface area contributed by atoms with Crippen LogP contribution in [0.5, 0.6) is 0 Å². The molecule has 0 aliphatic heterocycles. The van der Waals surface area contributed by atoms with Crippen LogP contribution in [-0.2, 0) is 13.2 Å². The largest absolute Gasteiger partial charge is 0.314 e. The topological polar surface area (TPSA) is 27.2 Å². The Kier molecular flexibility index (Phi) is 4.00. The van der Waals surface area contributed by atoms with E-state index < -0.39 is 0 Å². The number of thiophene rings is 1. The highest BCUT2D eigenvalue weighted by Gasteiger charge is 2.36. The number of nitrogens with zero attached hydrogens (tertiary/aromatic N) is 3. The number of quaternary nitrogens is 1. The van der Waals surface area contributed by atoms with Gasteiger partial charge in [-0.25, -0.2) is 0 Å². The van der Waals surface area contributed by atoms with Crippen molar-refractivity contribution in [3.05, 3.63) is 31.4 Å². The molecule has 1 N–H and O–H groups in total. The van der Waals surface area contributed by atoms with E-state index in [4.69, 9.17) is 17.3 Å². The average molecular weight is 400 g/mol. The average Bonchev–Trinajstić information content (AvgIpc) is 3.38. The van der Waals surface area contributed by atoms with Gasteiger partial charge in [0.1, 0.15) is 12.4 Å². The molecule has 0 aromatic carbocycles. The van der Waals surface area contributed by atoms with E-state index in [-0.39, 0.29) is 0 Å². The first kappa shape index (κ1) is 15.1. The van der Waals surface area contributed by atoms with Crippen LogP contribution in [-0.4, -0.2) is 21.4 Å². The van der Waals surface area contributed by atoms with Crippen LogP contribution in [0.3, 0.4) is 0 Å². The fraction of sp³-hybridized carbons (Fsp3) is 0.600. The van der Waals surface area contributed by atoms with Gasteiger partial charge in [0, 0.05) is 12.0 Å². The summed E-state index contributed by atoms with van der Waals surface area (Å²) in [6.07, 6.45) is 5.10. The lowest BCUT2D eigenvalue weighted by atomic mass is 10.4. The summed E-state index contributed by atoms with van der Waals surface area (Å²) >= 11 is 11.0. The van der Waals surface area contributed by atoms with Crippen molar-refractivity contribution in [2.24, 2.45) is 0 Å². The molecule has 0 saturated heterocycles. The molecule has 1 unspecified atom stereocenters. The molecule has 4 nitrogen and oxygen atoms in total. The summed E-state index contributed by atoms with van der Waals surface area (Å²) in [5, 5.41) is 4.87. The quantitative estimate of drug-likeness (QED) is 0.755. The van der Waals surface area contributed by atoms with Crippen LogP contribution in [0.4, 0.5) is 0 Å². The van der Waals surface area contributed by atoms with Gasteiger partial charge in [-0.3, -0.25) is 0 Å². The van der Waals surface area contributed by atoms with Gasteiger partial charge in [0.05, 0.1) is 15.7 Å². The number of aromatic nitrogens is 3. The van der Waals surface area contributed by atoms with Crippen LogP contribution in [0, 0.1) is 4.77 Å². The first-order valence-electron chi connectivity index (χ1n) is 7.86. The molecule has 2 aromatic rings. The first-order chi connectivity index (χ1) is 10.6. The van der Waals surface area contributed by atoms with E-state index in [0.717, 1.165) is 18.0 Å². The highest BCUT2D eigenvalue weighted by molar-refractivity contribution is 9.11. The van der Waals surface area contributed by atoms with Gasteiger partial charge in [-0.2, -0.15) is 9.78 Å². The number of halogens is 1. The third kappa shape index (κ3) is 3.09. The van der Waals surface area contributed by atoms with Crippen molar-refractivity contribution in [2.75, 3.05) is 7.05 Å². The van der Waals surface area contributed by atoms with E-state index in [2.05, 4.69) is 44.4 Å². The highest BCUT2D eigenvalue weighted by atomic mass is 79.9. The Balaban J connectivity index is 1.52. The Morgan fingerprint density at radius 2 is 2.14 bits per heavy atom. The molecule has 0 spiro atoms. The Morgan fingerprint density at radius 1 is 1.36 bits per heavy atom. The zero-order valence-corrected chi connectivity index (χ0v) is 15.8. The minimum atomic E-state index is 0.630. The van der Waals surface area contributed by atoms with Crippen LogP contribution >= 0.6 is 39.5 Å². The van der Waals surface area contributed by atoms with E-state index in [1.807, 2.05) is 0 Å². The zero-order chi connectivity index (χ0) is 15.3. The third-order valence-corrected chi connectivity index (χ3v) is 6.31. The van der Waals surface area contributed by atoms with E-state index in [9.17, 15) is 0 Å². The second-order valence-electron chi connectivity index (χ2n) is 6.51. The fourth-order valence-corrected chi connectivity index (χ4v) is 4.84. The second kappa shape index (κ2) is 5.85. The molecule has 0 bridgehead atoms. The maximum absolute atomic E-state index is 5.71. The number of hydrogen-bond donors (Lipinski definition) is 1. The number of rotatable bonds is 6. The number of nitrogens with one attached hydrogen (secondary N) is 1. The van der Waals surface area contributed by atoms with Crippen molar-refractivity contribution < 1.29 is 4.90 Å². The molecular weight excluding hydrogens is 380 g/mol. The summed E-state index contributed by atoms with van der Waals surface area (Å²) < 4.78 is 6.53. The molecule has 2 saturated carbocycles. The van der Waals surface area contributed by atoms with Crippen LogP contribution in [0.15, 0.2) is 15.9 Å². The Morgan fingerprint density at radius 3 is 2.73 bits per heavy atom. The van der Waals surface area contributed by atoms with Crippen molar-refractivity contribution in [2.45, 2.75) is 50.9 Å². The van der Waals surface area contributed by atoms with Crippen LogP contribution in [0.2, 0.25) is 0 Å². The van der Waals surface area contributed by atoms with Gasteiger partial charge in [-0.1, -0.05) is 0 Å². The van der Waals surface area contributed by atoms with Crippen molar-refractivity contribution in [1.29, 1.82) is 0 Å². The Labute approximate surface area is 147 Å². The zero-order valence-electron chi connectivity index (χ0n) is 12.6. The molecule has 2 aliphatic rings. The predicted molar refractivity (Wildman–Crippen MR) is 93.9 cm³/mol. The maximum atomic E-state index is 5.71. The van der Waals surface area contributed by atoms with Gasteiger partial charge in [-0.05, 0) is 66.0 Å². The van der Waals surface area contributed by atoms with Crippen LogP contribution < -0.4 is 4.90 Å². The van der Waals surface area contributed by atoms with Gasteiger partial charge >= 0.3 is 0 Å². The lowest BCUT2D eigenvalue weighted by Gasteiger charge is -2.12. The van der Waals surface area contributed by atoms with Gasteiger partial charge < -0.3 is 9.47 Å². The van der Waals surface area contributed by atoms with Crippen molar-refractivity contribution in [3.63, 3.8) is 0 Å². The fourth-order valence-electron chi connectivity index (χ4n) is 2.89. The monoisotopic (exact) mass is 399 g/mol. The van der Waals surface area contributed by atoms with Gasteiger partial charge in [-0.15, -0.1) is 11.3 Å². The molecule has 0 radical (unpaired) electrons. The summed E-state index contributed by atoms with van der Waals surface area (Å²) in [6.45, 7) is 1.85. The maximum Gasteiger partial charge on any atom is 0.203 e. The molecule has 22 heavy (non-hydrogen) atoms. The minimum absolute atomic E-state index is 0.630. The summed E-state index contributed by atoms with van der Waals surface area (Å²) in [5.41, 5.74) is 0. The molecule has 2 aromatic heterocycles. The molecule has 2 fully saturated rings. The van der Waals surface area contributed by atoms with Gasteiger partial charge in [0.2, 0.25) is 4.77 Å². The molecule has 4 rings (SSSR count). The molecule has 2 aliphatic carbocycles. The Bertz CT molecular complexity index is 739. The first-order valence-corrected chi connectivity index (χ1v) is 9.88. The third-order valence-electron chi connectivity index (χ3n) is 4.28. The van der Waals surface area contributed by atoms with E-state index in [0.29, 0.717) is 12.0 Å². The SMILES string of the molecule is C[NH+](Cc1ccc(Br)s1)Cn1nc(C2CC2)n(C2CC2)c1=S.